The monoisotopic (exact) mass is 376 g/mol. The van der Waals surface area contributed by atoms with Gasteiger partial charge in [0.05, 0.1) is 4.90 Å². The zero-order chi connectivity index (χ0) is 17.3. The number of nitrogens with one attached hydrogen (secondary N) is 1. The van der Waals surface area contributed by atoms with E-state index in [1.54, 1.807) is 0 Å². The van der Waals surface area contributed by atoms with Crippen molar-refractivity contribution in [2.24, 2.45) is 5.14 Å². The van der Waals surface area contributed by atoms with Crippen LogP contribution in [-0.4, -0.2) is 32.8 Å². The Kier molecular flexibility index (Phi) is 4.79. The number of primary sulfonamides is 1. The van der Waals surface area contributed by atoms with Gasteiger partial charge in [0, 0.05) is 6.42 Å². The molecule has 0 atom stereocenters. The Bertz CT molecular complexity index is 932. The maximum Gasteiger partial charge on any atom is 0.267 e. The van der Waals surface area contributed by atoms with Gasteiger partial charge in [-0.2, -0.15) is 0 Å². The normalized spacial score (nSPS) is 12.1. The summed E-state index contributed by atoms with van der Waals surface area (Å²) in [5.74, 6) is -0.0388. The fourth-order valence-electron chi connectivity index (χ4n) is 1.61. The van der Waals surface area contributed by atoms with Crippen LogP contribution in [0.1, 0.15) is 12.5 Å². The number of hydrogen-bond acceptors (Lipinski definition) is 8. The van der Waals surface area contributed by atoms with Crippen molar-refractivity contribution in [2.45, 2.75) is 22.6 Å². The van der Waals surface area contributed by atoms with Crippen molar-refractivity contribution in [3.05, 3.63) is 29.8 Å². The highest BCUT2D eigenvalue weighted by molar-refractivity contribution is 7.93. The molecular weight excluding hydrogens is 364 g/mol. The van der Waals surface area contributed by atoms with Crippen molar-refractivity contribution >= 4 is 42.3 Å². The molecule has 2 aromatic rings. The number of benzene rings is 1. The summed E-state index contributed by atoms with van der Waals surface area (Å²) in [5.41, 5.74) is 0.684. The van der Waals surface area contributed by atoms with Crippen molar-refractivity contribution in [3.63, 3.8) is 0 Å². The Balaban J connectivity index is 2.22. The number of nitrogens with zero attached hydrogens (tertiary/aromatic N) is 2. The van der Waals surface area contributed by atoms with Gasteiger partial charge in [-0.3, -0.25) is 9.52 Å². The van der Waals surface area contributed by atoms with Crippen LogP contribution in [0.4, 0.5) is 5.13 Å². The molecule has 0 saturated heterocycles. The number of carbonyl (C=O) groups is 1. The van der Waals surface area contributed by atoms with Crippen molar-refractivity contribution in [1.29, 1.82) is 0 Å². The minimum atomic E-state index is -4.04. The van der Waals surface area contributed by atoms with Crippen LogP contribution >= 0.6 is 11.3 Å². The second-order valence-corrected chi connectivity index (χ2v) is 8.94. The van der Waals surface area contributed by atoms with E-state index in [2.05, 4.69) is 14.9 Å². The van der Waals surface area contributed by atoms with Gasteiger partial charge in [0.15, 0.2) is 0 Å². The number of ketones is 1. The smallest absolute Gasteiger partial charge is 0.267 e. The first kappa shape index (κ1) is 17.5. The van der Waals surface area contributed by atoms with Crippen LogP contribution in [0.5, 0.6) is 0 Å². The van der Waals surface area contributed by atoms with E-state index in [4.69, 9.17) is 5.14 Å². The van der Waals surface area contributed by atoms with Gasteiger partial charge in [-0.1, -0.05) is 23.5 Å². The Hall–Kier alpha value is -1.89. The van der Waals surface area contributed by atoms with Crippen LogP contribution in [0.15, 0.2) is 33.5 Å². The van der Waals surface area contributed by atoms with Crippen molar-refractivity contribution < 1.29 is 21.6 Å². The predicted molar refractivity (Wildman–Crippen MR) is 82.9 cm³/mol. The van der Waals surface area contributed by atoms with Gasteiger partial charge in [0.2, 0.25) is 9.47 Å². The van der Waals surface area contributed by atoms with Crippen molar-refractivity contribution in [2.75, 3.05) is 4.72 Å². The second-order valence-electron chi connectivity index (χ2n) is 4.55. The van der Waals surface area contributed by atoms with E-state index in [9.17, 15) is 21.6 Å². The lowest BCUT2D eigenvalue weighted by Gasteiger charge is -2.05. The molecule has 124 valence electrons. The summed E-state index contributed by atoms with van der Waals surface area (Å²) in [5, 5.41) is 11.4. The molecule has 0 spiro atoms. The quantitative estimate of drug-likeness (QED) is 0.727. The summed E-state index contributed by atoms with van der Waals surface area (Å²) in [4.78, 5) is 11.0. The molecule has 0 radical (unpaired) electrons. The minimum absolute atomic E-state index is 0.0388. The average Bonchev–Trinajstić information content (AvgIpc) is 2.86. The van der Waals surface area contributed by atoms with Gasteiger partial charge in [-0.25, -0.2) is 22.0 Å². The highest BCUT2D eigenvalue weighted by Crippen LogP contribution is 2.22. The van der Waals surface area contributed by atoms with Crippen LogP contribution in [0, 0.1) is 0 Å². The molecule has 0 fully saturated rings. The van der Waals surface area contributed by atoms with E-state index >= 15 is 0 Å². The molecule has 23 heavy (non-hydrogen) atoms. The van der Waals surface area contributed by atoms with Crippen molar-refractivity contribution in [3.8, 4) is 0 Å². The van der Waals surface area contributed by atoms with Gasteiger partial charge in [-0.15, -0.1) is 10.2 Å². The topological polar surface area (TPSA) is 149 Å². The SMILES string of the molecule is CC(=O)Cc1ccc(S(=O)(=O)Nc2nnc(S(N)(=O)=O)s2)cc1. The number of sulfonamides is 2. The van der Waals surface area contributed by atoms with E-state index in [0.717, 1.165) is 0 Å². The lowest BCUT2D eigenvalue weighted by atomic mass is 10.1. The van der Waals surface area contributed by atoms with Gasteiger partial charge in [0.25, 0.3) is 20.0 Å². The lowest BCUT2D eigenvalue weighted by Crippen LogP contribution is -2.13. The molecule has 12 heteroatoms. The molecule has 0 aliphatic carbocycles. The molecule has 0 aliphatic rings. The predicted octanol–water partition coefficient (Wildman–Crippen LogP) is 0.118. The van der Waals surface area contributed by atoms with Crippen molar-refractivity contribution in [1.82, 2.24) is 10.2 Å². The Labute approximate surface area is 136 Å². The summed E-state index contributed by atoms with van der Waals surface area (Å²) >= 11 is 0.503. The highest BCUT2D eigenvalue weighted by atomic mass is 32.2. The molecule has 0 saturated carbocycles. The number of anilines is 1. The number of Topliss-reactive ketones (excluding diaryl/α,β-unsaturated/α-hetero) is 1. The first-order valence-corrected chi connectivity index (χ1v) is 9.90. The first-order chi connectivity index (χ1) is 10.6. The summed E-state index contributed by atoms with van der Waals surface area (Å²) in [6.45, 7) is 1.44. The molecule has 0 bridgehead atoms. The number of nitrogens with two attached hydrogens (primary N) is 1. The largest absolute Gasteiger partial charge is 0.300 e. The fourth-order valence-corrected chi connectivity index (χ4v) is 4.18. The maximum absolute atomic E-state index is 12.2. The van der Waals surface area contributed by atoms with E-state index in [1.165, 1.54) is 31.2 Å². The second kappa shape index (κ2) is 6.31. The molecule has 9 nitrogen and oxygen atoms in total. The molecule has 1 aromatic heterocycles. The number of aromatic nitrogens is 2. The van der Waals surface area contributed by atoms with E-state index in [0.29, 0.717) is 16.9 Å². The molecule has 3 N–H and O–H groups in total. The summed E-state index contributed by atoms with van der Waals surface area (Å²) in [6, 6.07) is 5.71. The van der Waals surface area contributed by atoms with Crippen LogP contribution in [0.2, 0.25) is 0 Å². The minimum Gasteiger partial charge on any atom is -0.300 e. The summed E-state index contributed by atoms with van der Waals surface area (Å²) in [6.07, 6.45) is 0.210. The molecule has 0 aliphatic heterocycles. The zero-order valence-corrected chi connectivity index (χ0v) is 14.2. The number of carbonyl (C=O) groups excluding carboxylic acids is 1. The summed E-state index contributed by atoms with van der Waals surface area (Å²) in [7, 11) is -7.99. The third-order valence-corrected chi connectivity index (χ3v) is 6.19. The van der Waals surface area contributed by atoms with Gasteiger partial charge >= 0.3 is 0 Å². The van der Waals surface area contributed by atoms with Crippen LogP contribution in [0.25, 0.3) is 0 Å². The van der Waals surface area contributed by atoms with Gasteiger partial charge < -0.3 is 0 Å². The molecule has 1 aromatic carbocycles. The van der Waals surface area contributed by atoms with Crippen LogP contribution < -0.4 is 9.86 Å². The first-order valence-electron chi connectivity index (χ1n) is 6.05. The van der Waals surface area contributed by atoms with Crippen LogP contribution in [0.3, 0.4) is 0 Å². The van der Waals surface area contributed by atoms with E-state index in [1.807, 2.05) is 0 Å². The van der Waals surface area contributed by atoms with Crippen LogP contribution in [-0.2, 0) is 31.3 Å². The Morgan fingerprint density at radius 2 is 1.78 bits per heavy atom. The third-order valence-electron chi connectivity index (χ3n) is 2.56. The molecule has 0 unspecified atom stereocenters. The lowest BCUT2D eigenvalue weighted by molar-refractivity contribution is -0.116. The third kappa shape index (κ3) is 4.54. The summed E-state index contributed by atoms with van der Waals surface area (Å²) < 4.78 is 48.1. The maximum atomic E-state index is 12.2. The molecule has 0 amide bonds. The molecule has 1 heterocycles. The molecular formula is C11H12N4O5S3. The number of rotatable bonds is 6. The Morgan fingerprint density at radius 1 is 1.17 bits per heavy atom. The van der Waals surface area contributed by atoms with Gasteiger partial charge in [0.1, 0.15) is 5.78 Å². The average molecular weight is 376 g/mol. The van der Waals surface area contributed by atoms with E-state index in [-0.39, 0.29) is 22.2 Å². The fraction of sp³-hybridized carbons (Fsp3) is 0.182. The zero-order valence-electron chi connectivity index (χ0n) is 11.8. The number of hydrogen-bond donors (Lipinski definition) is 2. The molecule has 2 rings (SSSR count). The van der Waals surface area contributed by atoms with E-state index < -0.39 is 24.4 Å². The van der Waals surface area contributed by atoms with Gasteiger partial charge in [-0.05, 0) is 24.6 Å². The Morgan fingerprint density at radius 3 is 2.26 bits per heavy atom. The standard InChI is InChI=1S/C11H12N4O5S3/c1-7(16)6-8-2-4-9(5-3-8)23(19,20)15-10-13-14-11(21-10)22(12,17)18/h2-5H,6H2,1H3,(H,13,15)(H2,12,17,18). The highest BCUT2D eigenvalue weighted by Gasteiger charge is 2.20.